The summed E-state index contributed by atoms with van der Waals surface area (Å²) in [4.78, 5) is 13.9. The number of aliphatic hydroxyl groups is 1. The molecule has 0 saturated heterocycles. The van der Waals surface area contributed by atoms with E-state index in [2.05, 4.69) is 23.7 Å². The number of hydrogen-bond acceptors (Lipinski definition) is 5. The lowest BCUT2D eigenvalue weighted by atomic mass is 9.60. The molecule has 3 aliphatic rings. The molecule has 5 atom stereocenters. The molecule has 1 heterocycles. The number of ether oxygens (including phenoxy) is 1. The standard InChI is InChI=1S/C21H28N2O4/c1-4-10-23(5-2)16-11-13-6-7-15(25)20-17(13)18-19(27-20)14(22-12(3)24)8-9-21(16,18)26/h4,6-7,14,16,18-19,25-26H,1,5,8-11H2,2-3H3,(H,22,24)/t14?,16-,18?,19?,21-/m0/s1. The SMILES string of the molecule is C=CCN(CC)[C@H]1Cc2ccc(O)c3c2C2C(O3)C(NC(C)=O)CC[C@@]21O. The Morgan fingerprint density at radius 1 is 1.52 bits per heavy atom. The van der Waals surface area contributed by atoms with E-state index in [9.17, 15) is 15.0 Å². The van der Waals surface area contributed by atoms with Crippen LogP contribution >= 0.6 is 0 Å². The van der Waals surface area contributed by atoms with Gasteiger partial charge in [-0.2, -0.15) is 0 Å². The molecular formula is C21H28N2O4. The molecule has 1 aromatic carbocycles. The largest absolute Gasteiger partial charge is 0.504 e. The summed E-state index contributed by atoms with van der Waals surface area (Å²) in [6.45, 7) is 8.98. The fraction of sp³-hybridized carbons (Fsp3) is 0.571. The van der Waals surface area contributed by atoms with E-state index < -0.39 is 5.60 Å². The van der Waals surface area contributed by atoms with Gasteiger partial charge in [-0.3, -0.25) is 9.69 Å². The lowest BCUT2D eigenvalue weighted by Gasteiger charge is -2.53. The van der Waals surface area contributed by atoms with Gasteiger partial charge in [0.25, 0.3) is 0 Å². The summed E-state index contributed by atoms with van der Waals surface area (Å²) >= 11 is 0. The minimum absolute atomic E-state index is 0.0575. The quantitative estimate of drug-likeness (QED) is 0.686. The summed E-state index contributed by atoms with van der Waals surface area (Å²) < 4.78 is 6.17. The predicted molar refractivity (Wildman–Crippen MR) is 102 cm³/mol. The second kappa shape index (κ2) is 6.53. The summed E-state index contributed by atoms with van der Waals surface area (Å²) in [5, 5.41) is 25.3. The number of phenolic OH excluding ortho intramolecular Hbond substituents is 1. The van der Waals surface area contributed by atoms with Gasteiger partial charge in [-0.05, 0) is 37.4 Å². The molecule has 6 heteroatoms. The molecule has 1 aliphatic heterocycles. The Bertz CT molecular complexity index is 780. The van der Waals surface area contributed by atoms with Crippen molar-refractivity contribution in [3.05, 3.63) is 35.9 Å². The van der Waals surface area contributed by atoms with Crippen molar-refractivity contribution >= 4 is 5.91 Å². The van der Waals surface area contributed by atoms with E-state index in [1.54, 1.807) is 6.07 Å². The number of amides is 1. The first-order valence-corrected chi connectivity index (χ1v) is 9.76. The van der Waals surface area contributed by atoms with Gasteiger partial charge in [0, 0.05) is 25.1 Å². The maximum atomic E-state index is 11.9. The second-order valence-electron chi connectivity index (χ2n) is 7.98. The predicted octanol–water partition coefficient (Wildman–Crippen LogP) is 1.70. The number of rotatable bonds is 5. The Kier molecular flexibility index (Phi) is 4.43. The summed E-state index contributed by atoms with van der Waals surface area (Å²) in [6, 6.07) is 3.37. The van der Waals surface area contributed by atoms with Crippen LogP contribution < -0.4 is 10.1 Å². The van der Waals surface area contributed by atoms with Gasteiger partial charge in [-0.25, -0.2) is 0 Å². The van der Waals surface area contributed by atoms with Crippen LogP contribution in [0.2, 0.25) is 0 Å². The summed E-state index contributed by atoms with van der Waals surface area (Å²) in [5.74, 6) is 0.203. The highest BCUT2D eigenvalue weighted by molar-refractivity contribution is 5.73. The zero-order chi connectivity index (χ0) is 19.3. The molecule has 1 fully saturated rings. The average Bonchev–Trinajstić information content (AvgIpc) is 3.05. The van der Waals surface area contributed by atoms with Gasteiger partial charge in [-0.1, -0.05) is 19.1 Å². The van der Waals surface area contributed by atoms with Crippen LogP contribution in [0.15, 0.2) is 24.8 Å². The molecule has 0 radical (unpaired) electrons. The number of carbonyl (C=O) groups is 1. The fourth-order valence-electron chi connectivity index (χ4n) is 5.46. The Balaban J connectivity index is 1.82. The third-order valence-electron chi connectivity index (χ3n) is 6.54. The van der Waals surface area contributed by atoms with Crippen LogP contribution in [0, 0.1) is 0 Å². The van der Waals surface area contributed by atoms with Crippen molar-refractivity contribution in [2.24, 2.45) is 0 Å². The Hall–Kier alpha value is -2.05. The van der Waals surface area contributed by atoms with Crippen molar-refractivity contribution in [2.45, 2.75) is 62.8 Å². The number of carbonyl (C=O) groups excluding carboxylic acids is 1. The van der Waals surface area contributed by atoms with Gasteiger partial charge in [0.15, 0.2) is 11.5 Å². The van der Waals surface area contributed by atoms with Crippen molar-refractivity contribution < 1.29 is 19.7 Å². The molecule has 1 aromatic rings. The third-order valence-corrected chi connectivity index (χ3v) is 6.54. The smallest absolute Gasteiger partial charge is 0.217 e. The Morgan fingerprint density at radius 3 is 2.96 bits per heavy atom. The second-order valence-corrected chi connectivity index (χ2v) is 7.98. The van der Waals surface area contributed by atoms with Gasteiger partial charge in [0.1, 0.15) is 6.10 Å². The van der Waals surface area contributed by atoms with E-state index in [4.69, 9.17) is 4.74 Å². The molecule has 2 aliphatic carbocycles. The minimum atomic E-state index is -0.968. The highest BCUT2D eigenvalue weighted by Gasteiger charge is 2.61. The molecule has 0 aromatic heterocycles. The van der Waals surface area contributed by atoms with Gasteiger partial charge in [0.2, 0.25) is 5.91 Å². The van der Waals surface area contributed by atoms with Crippen LogP contribution in [-0.4, -0.2) is 57.9 Å². The van der Waals surface area contributed by atoms with Crippen LogP contribution in [0.4, 0.5) is 0 Å². The molecule has 0 bridgehead atoms. The van der Waals surface area contributed by atoms with Gasteiger partial charge in [-0.15, -0.1) is 6.58 Å². The normalized spacial score (nSPS) is 33.3. The van der Waals surface area contributed by atoms with Crippen molar-refractivity contribution in [3.63, 3.8) is 0 Å². The number of hydrogen-bond donors (Lipinski definition) is 3. The molecule has 1 saturated carbocycles. The van der Waals surface area contributed by atoms with Crippen LogP contribution in [0.5, 0.6) is 11.5 Å². The first kappa shape index (κ1) is 18.3. The van der Waals surface area contributed by atoms with Crippen molar-refractivity contribution in [1.29, 1.82) is 0 Å². The molecule has 146 valence electrons. The van der Waals surface area contributed by atoms with E-state index >= 15 is 0 Å². The first-order chi connectivity index (χ1) is 12.9. The summed E-state index contributed by atoms with van der Waals surface area (Å²) in [6.07, 6.45) is 3.42. The fourth-order valence-corrected chi connectivity index (χ4v) is 5.46. The van der Waals surface area contributed by atoms with E-state index in [1.807, 2.05) is 12.1 Å². The lowest BCUT2D eigenvalue weighted by Crippen LogP contribution is -2.66. The maximum absolute atomic E-state index is 11.9. The third kappa shape index (κ3) is 2.65. The molecule has 6 nitrogen and oxygen atoms in total. The van der Waals surface area contributed by atoms with E-state index in [0.717, 1.165) is 17.7 Å². The number of aromatic hydroxyl groups is 1. The molecular weight excluding hydrogens is 344 g/mol. The maximum Gasteiger partial charge on any atom is 0.217 e. The minimum Gasteiger partial charge on any atom is -0.504 e. The summed E-state index contributed by atoms with van der Waals surface area (Å²) in [7, 11) is 0. The number of benzene rings is 1. The van der Waals surface area contributed by atoms with E-state index in [1.165, 1.54) is 6.92 Å². The zero-order valence-corrected chi connectivity index (χ0v) is 15.9. The highest BCUT2D eigenvalue weighted by atomic mass is 16.5. The molecule has 3 N–H and O–H groups in total. The number of nitrogens with one attached hydrogen (secondary N) is 1. The van der Waals surface area contributed by atoms with Crippen molar-refractivity contribution in [3.8, 4) is 11.5 Å². The van der Waals surface area contributed by atoms with E-state index in [-0.39, 0.29) is 35.8 Å². The first-order valence-electron chi connectivity index (χ1n) is 9.76. The lowest BCUT2D eigenvalue weighted by molar-refractivity contribution is -0.129. The Labute approximate surface area is 159 Å². The van der Waals surface area contributed by atoms with Gasteiger partial charge in [0.05, 0.1) is 17.6 Å². The van der Waals surface area contributed by atoms with Crippen LogP contribution in [-0.2, 0) is 11.2 Å². The molecule has 3 unspecified atom stereocenters. The average molecular weight is 372 g/mol. The van der Waals surface area contributed by atoms with Crippen molar-refractivity contribution in [1.82, 2.24) is 10.2 Å². The van der Waals surface area contributed by atoms with Crippen molar-refractivity contribution in [2.75, 3.05) is 13.1 Å². The van der Waals surface area contributed by atoms with Crippen LogP contribution in [0.3, 0.4) is 0 Å². The molecule has 1 amide bonds. The highest BCUT2D eigenvalue weighted by Crippen LogP contribution is 2.58. The van der Waals surface area contributed by atoms with Gasteiger partial charge < -0.3 is 20.3 Å². The van der Waals surface area contributed by atoms with Crippen LogP contribution in [0.25, 0.3) is 0 Å². The number of phenols is 1. The molecule has 4 rings (SSSR count). The molecule has 27 heavy (non-hydrogen) atoms. The van der Waals surface area contributed by atoms with E-state index in [0.29, 0.717) is 31.6 Å². The topological polar surface area (TPSA) is 82.0 Å². The Morgan fingerprint density at radius 2 is 2.30 bits per heavy atom. The summed E-state index contributed by atoms with van der Waals surface area (Å²) in [5.41, 5.74) is 1.06. The van der Waals surface area contributed by atoms with Gasteiger partial charge >= 0.3 is 0 Å². The number of nitrogens with zero attached hydrogens (tertiary/aromatic N) is 1. The zero-order valence-electron chi connectivity index (χ0n) is 15.9. The monoisotopic (exact) mass is 372 g/mol. The molecule has 0 spiro atoms. The number of likely N-dealkylation sites (N-methyl/N-ethyl adjacent to an activating group) is 1. The van der Waals surface area contributed by atoms with Crippen LogP contribution in [0.1, 0.15) is 43.7 Å².